The standard InChI is InChI=1S/C20H24ClN5OS/c1-19(2)13-8-9-20(19,3)15(10-13)23-24-16(27)11-28-18-22-17(25-26-18)12-4-6-14(21)7-5-12/h4-7,13H,8-11H2,1-3H3,(H,24,27)(H,22,25,26)/b23-15-. The highest BCUT2D eigenvalue weighted by Crippen LogP contribution is 2.63. The van der Waals surface area contributed by atoms with E-state index in [4.69, 9.17) is 11.6 Å². The number of rotatable bonds is 5. The number of benzene rings is 1. The van der Waals surface area contributed by atoms with Gasteiger partial charge in [0.2, 0.25) is 5.16 Å². The number of hydrazone groups is 1. The van der Waals surface area contributed by atoms with Gasteiger partial charge >= 0.3 is 0 Å². The number of carbonyl (C=O) groups excluding carboxylic acids is 1. The van der Waals surface area contributed by atoms with Crippen LogP contribution in [0.15, 0.2) is 34.5 Å². The van der Waals surface area contributed by atoms with Gasteiger partial charge in [-0.3, -0.25) is 9.89 Å². The lowest BCUT2D eigenvalue weighted by Crippen LogP contribution is -2.34. The van der Waals surface area contributed by atoms with Crippen LogP contribution in [0.1, 0.15) is 40.0 Å². The predicted molar refractivity (Wildman–Crippen MR) is 112 cm³/mol. The molecular weight excluding hydrogens is 394 g/mol. The summed E-state index contributed by atoms with van der Waals surface area (Å²) in [6.45, 7) is 6.93. The zero-order valence-corrected chi connectivity index (χ0v) is 17.8. The van der Waals surface area contributed by atoms with Crippen LogP contribution in [0.25, 0.3) is 11.4 Å². The number of halogens is 1. The molecule has 1 aromatic carbocycles. The summed E-state index contributed by atoms with van der Waals surface area (Å²) in [6.07, 6.45) is 3.40. The molecule has 1 aromatic heterocycles. The van der Waals surface area contributed by atoms with Crippen LogP contribution in [0.5, 0.6) is 0 Å². The van der Waals surface area contributed by atoms with Crippen LogP contribution >= 0.6 is 23.4 Å². The van der Waals surface area contributed by atoms with E-state index in [1.807, 2.05) is 12.1 Å². The molecule has 0 radical (unpaired) electrons. The maximum absolute atomic E-state index is 12.2. The molecule has 2 fully saturated rings. The molecule has 8 heteroatoms. The summed E-state index contributed by atoms with van der Waals surface area (Å²) in [5.41, 5.74) is 5.11. The summed E-state index contributed by atoms with van der Waals surface area (Å²) >= 11 is 7.19. The number of aromatic nitrogens is 3. The van der Waals surface area contributed by atoms with Gasteiger partial charge in [-0.05, 0) is 54.9 Å². The Labute approximate surface area is 173 Å². The molecule has 0 saturated heterocycles. The number of hydrogen-bond donors (Lipinski definition) is 2. The Bertz CT molecular complexity index is 923. The third kappa shape index (κ3) is 3.35. The highest BCUT2D eigenvalue weighted by atomic mass is 35.5. The highest BCUT2D eigenvalue weighted by molar-refractivity contribution is 7.99. The number of nitrogens with zero attached hydrogens (tertiary/aromatic N) is 3. The Morgan fingerprint density at radius 3 is 2.75 bits per heavy atom. The molecule has 4 rings (SSSR count). The quantitative estimate of drug-likeness (QED) is 0.552. The van der Waals surface area contributed by atoms with Crippen LogP contribution in [-0.2, 0) is 4.79 Å². The lowest BCUT2D eigenvalue weighted by molar-refractivity contribution is -0.118. The summed E-state index contributed by atoms with van der Waals surface area (Å²) in [7, 11) is 0. The van der Waals surface area contributed by atoms with E-state index in [-0.39, 0.29) is 22.5 Å². The van der Waals surface area contributed by atoms with Crippen molar-refractivity contribution in [2.75, 3.05) is 5.75 Å². The Balaban J connectivity index is 1.33. The third-order valence-corrected chi connectivity index (χ3v) is 7.84. The van der Waals surface area contributed by atoms with Gasteiger partial charge < -0.3 is 0 Å². The van der Waals surface area contributed by atoms with Crippen molar-refractivity contribution in [3.8, 4) is 11.4 Å². The second-order valence-electron chi connectivity index (χ2n) is 8.35. The lowest BCUT2D eigenvalue weighted by atomic mass is 9.70. The fourth-order valence-corrected chi connectivity index (χ4v) is 5.15. The van der Waals surface area contributed by atoms with Crippen molar-refractivity contribution >= 4 is 35.0 Å². The molecule has 2 saturated carbocycles. The Hall–Kier alpha value is -1.86. The number of amides is 1. The van der Waals surface area contributed by atoms with Gasteiger partial charge in [0, 0.05) is 21.7 Å². The fourth-order valence-electron chi connectivity index (χ4n) is 4.44. The highest BCUT2D eigenvalue weighted by Gasteiger charge is 2.60. The minimum absolute atomic E-state index is 0.0926. The first-order valence-electron chi connectivity index (χ1n) is 9.46. The SMILES string of the molecule is CC12CCC(C/C1=N/NC(=O)CSc1n[nH]c(-c3ccc(Cl)cc3)n1)C2(C)C. The molecule has 2 aliphatic carbocycles. The van der Waals surface area contributed by atoms with Crippen LogP contribution < -0.4 is 5.43 Å². The molecule has 2 aromatic rings. The number of fused-ring (bicyclic) bond motifs is 2. The van der Waals surface area contributed by atoms with E-state index in [9.17, 15) is 4.79 Å². The molecule has 2 unspecified atom stereocenters. The number of carbonyl (C=O) groups is 1. The van der Waals surface area contributed by atoms with Crippen molar-refractivity contribution in [3.63, 3.8) is 0 Å². The molecular formula is C20H24ClN5OS. The molecule has 6 nitrogen and oxygen atoms in total. The van der Waals surface area contributed by atoms with Crippen molar-refractivity contribution in [3.05, 3.63) is 29.3 Å². The molecule has 1 heterocycles. The molecule has 28 heavy (non-hydrogen) atoms. The second-order valence-corrected chi connectivity index (χ2v) is 9.73. The molecule has 2 atom stereocenters. The number of thioether (sulfide) groups is 1. The minimum atomic E-state index is -0.139. The van der Waals surface area contributed by atoms with Crippen LogP contribution in [0.4, 0.5) is 0 Å². The molecule has 1 amide bonds. The first-order chi connectivity index (χ1) is 13.3. The first kappa shape index (κ1) is 19.5. The average Bonchev–Trinajstić information content (AvgIpc) is 3.28. The van der Waals surface area contributed by atoms with E-state index in [1.165, 1.54) is 18.2 Å². The van der Waals surface area contributed by atoms with Crippen molar-refractivity contribution < 1.29 is 4.79 Å². The van der Waals surface area contributed by atoms with Crippen LogP contribution in [-0.4, -0.2) is 32.6 Å². The summed E-state index contributed by atoms with van der Waals surface area (Å²) in [5.74, 6) is 1.40. The molecule has 2 N–H and O–H groups in total. The molecule has 2 aliphatic rings. The molecule has 0 aliphatic heterocycles. The smallest absolute Gasteiger partial charge is 0.250 e. The number of hydrogen-bond acceptors (Lipinski definition) is 5. The molecule has 148 valence electrons. The van der Waals surface area contributed by atoms with E-state index in [1.54, 1.807) is 12.1 Å². The first-order valence-corrected chi connectivity index (χ1v) is 10.8. The summed E-state index contributed by atoms with van der Waals surface area (Å²) in [4.78, 5) is 16.7. The number of nitrogens with one attached hydrogen (secondary N) is 2. The lowest BCUT2D eigenvalue weighted by Gasteiger charge is -2.34. The number of aromatic amines is 1. The summed E-state index contributed by atoms with van der Waals surface area (Å²) in [6, 6.07) is 7.35. The largest absolute Gasteiger partial charge is 0.272 e. The van der Waals surface area contributed by atoms with Crippen molar-refractivity contribution in [1.29, 1.82) is 0 Å². The van der Waals surface area contributed by atoms with Gasteiger partial charge in [0.05, 0.1) is 5.75 Å². The monoisotopic (exact) mass is 417 g/mol. The molecule has 2 bridgehead atoms. The van der Waals surface area contributed by atoms with Gasteiger partial charge in [0.15, 0.2) is 5.82 Å². The third-order valence-electron chi connectivity index (χ3n) is 6.74. The van der Waals surface area contributed by atoms with Gasteiger partial charge in [-0.1, -0.05) is 44.1 Å². The Morgan fingerprint density at radius 1 is 1.36 bits per heavy atom. The molecule has 0 spiro atoms. The number of H-pyrrole nitrogens is 1. The predicted octanol–water partition coefficient (Wildman–Crippen LogP) is 4.54. The Kier molecular flexibility index (Phi) is 5.00. The average molecular weight is 418 g/mol. The van der Waals surface area contributed by atoms with Crippen molar-refractivity contribution in [2.24, 2.45) is 21.8 Å². The zero-order valence-electron chi connectivity index (χ0n) is 16.3. The van der Waals surface area contributed by atoms with Crippen molar-refractivity contribution in [1.82, 2.24) is 20.6 Å². The van der Waals surface area contributed by atoms with E-state index in [0.717, 1.165) is 24.1 Å². The van der Waals surface area contributed by atoms with Crippen LogP contribution in [0.3, 0.4) is 0 Å². The van der Waals surface area contributed by atoms with E-state index >= 15 is 0 Å². The minimum Gasteiger partial charge on any atom is -0.272 e. The van der Waals surface area contributed by atoms with E-state index < -0.39 is 0 Å². The zero-order chi connectivity index (χ0) is 19.9. The van der Waals surface area contributed by atoms with Crippen LogP contribution in [0, 0.1) is 16.7 Å². The van der Waals surface area contributed by atoms with Crippen molar-refractivity contribution in [2.45, 2.75) is 45.2 Å². The van der Waals surface area contributed by atoms with Gasteiger partial charge in [0.25, 0.3) is 5.91 Å². The summed E-state index contributed by atoms with van der Waals surface area (Å²) < 4.78 is 0. The Morgan fingerprint density at radius 2 is 2.11 bits per heavy atom. The van der Waals surface area contributed by atoms with Crippen LogP contribution in [0.2, 0.25) is 5.02 Å². The topological polar surface area (TPSA) is 83.0 Å². The van der Waals surface area contributed by atoms with Gasteiger partial charge in [-0.2, -0.15) is 5.10 Å². The maximum Gasteiger partial charge on any atom is 0.250 e. The van der Waals surface area contributed by atoms with E-state index in [0.29, 0.717) is 21.9 Å². The van der Waals surface area contributed by atoms with Gasteiger partial charge in [0.1, 0.15) is 0 Å². The second kappa shape index (κ2) is 7.19. The summed E-state index contributed by atoms with van der Waals surface area (Å²) in [5, 5.41) is 12.7. The fraction of sp³-hybridized carbons (Fsp3) is 0.500. The van der Waals surface area contributed by atoms with E-state index in [2.05, 4.69) is 46.5 Å². The maximum atomic E-state index is 12.2. The normalized spacial score (nSPS) is 26.7. The van der Waals surface area contributed by atoms with Gasteiger partial charge in [-0.25, -0.2) is 10.4 Å². The van der Waals surface area contributed by atoms with Gasteiger partial charge in [-0.15, -0.1) is 5.10 Å².